The Labute approximate surface area is 191 Å². The van der Waals surface area contributed by atoms with E-state index < -0.39 is 11.9 Å². The zero-order valence-corrected chi connectivity index (χ0v) is 19.1. The molecule has 0 bridgehead atoms. The molecule has 1 amide bonds. The predicted molar refractivity (Wildman–Crippen MR) is 123 cm³/mol. The highest BCUT2D eigenvalue weighted by molar-refractivity contribution is 6.05. The second-order valence-corrected chi connectivity index (χ2v) is 8.59. The van der Waals surface area contributed by atoms with E-state index in [9.17, 15) is 20.0 Å². The Bertz CT molecular complexity index is 1280. The third-order valence-electron chi connectivity index (χ3n) is 5.19. The quantitative estimate of drug-likeness (QED) is 0.567. The molecule has 1 heterocycles. The molecule has 9 heteroatoms. The van der Waals surface area contributed by atoms with Gasteiger partial charge in [-0.3, -0.25) is 9.63 Å². The van der Waals surface area contributed by atoms with Crippen LogP contribution in [0.4, 0.5) is 11.5 Å². The lowest BCUT2D eigenvalue weighted by atomic mass is 9.86. The normalized spacial score (nSPS) is 11.2. The lowest BCUT2D eigenvalue weighted by Gasteiger charge is -2.25. The second kappa shape index (κ2) is 8.76. The molecule has 3 rings (SSSR count). The summed E-state index contributed by atoms with van der Waals surface area (Å²) in [6.07, 6.45) is 1.30. The third-order valence-corrected chi connectivity index (χ3v) is 5.19. The summed E-state index contributed by atoms with van der Waals surface area (Å²) in [5.74, 6) is -1.78. The van der Waals surface area contributed by atoms with E-state index in [2.05, 4.69) is 11.2 Å². The summed E-state index contributed by atoms with van der Waals surface area (Å²) in [6, 6.07) is 12.2. The Morgan fingerprint density at radius 1 is 1.21 bits per heavy atom. The van der Waals surface area contributed by atoms with Gasteiger partial charge in [-0.2, -0.15) is 10.3 Å². The Hall–Kier alpha value is -4.16. The Morgan fingerprint density at radius 3 is 2.45 bits per heavy atom. The van der Waals surface area contributed by atoms with Gasteiger partial charge in [-0.05, 0) is 53.8 Å². The van der Waals surface area contributed by atoms with Crippen LogP contribution in [0.2, 0.25) is 0 Å². The maximum atomic E-state index is 13.4. The van der Waals surface area contributed by atoms with E-state index in [1.54, 1.807) is 30.3 Å². The molecule has 0 atom stereocenters. The first-order chi connectivity index (χ1) is 15.5. The smallest absolute Gasteiger partial charge is 0.341 e. The SMILES string of the molecule is CON(C(=O)c1ccc(C)c(-n2cc(C(=O)O)c(N)n2)c1)c1cc(C#N)cc(C(C)(C)C)c1. The molecule has 0 aliphatic rings. The van der Waals surface area contributed by atoms with E-state index in [0.29, 0.717) is 16.9 Å². The second-order valence-electron chi connectivity index (χ2n) is 8.59. The van der Waals surface area contributed by atoms with Crippen LogP contribution >= 0.6 is 0 Å². The molecule has 0 saturated heterocycles. The molecule has 3 N–H and O–H groups in total. The molecule has 0 fully saturated rings. The van der Waals surface area contributed by atoms with Crippen LogP contribution in [0.25, 0.3) is 5.69 Å². The number of carbonyl (C=O) groups excluding carboxylic acids is 1. The lowest BCUT2D eigenvalue weighted by Crippen LogP contribution is -2.30. The molecule has 0 aliphatic carbocycles. The standard InChI is InChI=1S/C24H25N5O4/c1-14-6-7-16(10-20(14)28-13-19(23(31)32)21(26)27-28)22(30)29(33-5)18-9-15(12-25)8-17(11-18)24(2,3)4/h6-11,13H,1-5H3,(H2,26,27)(H,31,32). The summed E-state index contributed by atoms with van der Waals surface area (Å²) >= 11 is 0. The number of nitrogens with zero attached hydrogens (tertiary/aromatic N) is 4. The minimum Gasteiger partial charge on any atom is -0.477 e. The number of hydrogen-bond acceptors (Lipinski definition) is 6. The molecular formula is C24H25N5O4. The average molecular weight is 447 g/mol. The molecule has 0 spiro atoms. The van der Waals surface area contributed by atoms with Gasteiger partial charge in [0.15, 0.2) is 5.82 Å². The molecule has 9 nitrogen and oxygen atoms in total. The number of aromatic nitrogens is 2. The molecule has 0 aliphatic heterocycles. The number of nitriles is 1. The van der Waals surface area contributed by atoms with Gasteiger partial charge in [0, 0.05) is 11.8 Å². The van der Waals surface area contributed by atoms with Crippen molar-refractivity contribution in [2.75, 3.05) is 17.9 Å². The number of benzene rings is 2. The summed E-state index contributed by atoms with van der Waals surface area (Å²) in [6.45, 7) is 7.85. The number of amides is 1. The van der Waals surface area contributed by atoms with E-state index in [0.717, 1.165) is 16.2 Å². The number of aromatic carboxylic acids is 1. The molecule has 33 heavy (non-hydrogen) atoms. The number of carboxylic acid groups (broad SMARTS) is 1. The van der Waals surface area contributed by atoms with Crippen LogP contribution in [-0.4, -0.2) is 33.9 Å². The maximum absolute atomic E-state index is 13.4. The first kappa shape index (κ1) is 23.5. The first-order valence-corrected chi connectivity index (χ1v) is 10.1. The van der Waals surface area contributed by atoms with Crippen LogP contribution in [0.5, 0.6) is 0 Å². The topological polar surface area (TPSA) is 134 Å². The van der Waals surface area contributed by atoms with Gasteiger partial charge >= 0.3 is 5.97 Å². The van der Waals surface area contributed by atoms with Crippen molar-refractivity contribution in [2.24, 2.45) is 0 Å². The fourth-order valence-corrected chi connectivity index (χ4v) is 3.31. The molecule has 2 aromatic carbocycles. The predicted octanol–water partition coefficient (Wildman–Crippen LogP) is 3.84. The molecule has 1 aromatic heterocycles. The van der Waals surface area contributed by atoms with Crippen molar-refractivity contribution < 1.29 is 19.5 Å². The van der Waals surface area contributed by atoms with Gasteiger partial charge in [0.05, 0.1) is 30.1 Å². The fraction of sp³-hybridized carbons (Fsp3) is 0.250. The number of anilines is 2. The number of carboxylic acids is 1. The van der Waals surface area contributed by atoms with E-state index in [1.807, 2.05) is 33.8 Å². The zero-order valence-electron chi connectivity index (χ0n) is 19.1. The van der Waals surface area contributed by atoms with Gasteiger partial charge in [0.25, 0.3) is 5.91 Å². The zero-order chi connectivity index (χ0) is 24.5. The van der Waals surface area contributed by atoms with E-state index in [4.69, 9.17) is 10.6 Å². The van der Waals surface area contributed by atoms with E-state index in [-0.39, 0.29) is 22.4 Å². The maximum Gasteiger partial charge on any atom is 0.341 e. The van der Waals surface area contributed by atoms with Crippen LogP contribution in [0.1, 0.15) is 58.2 Å². The van der Waals surface area contributed by atoms with Crippen molar-refractivity contribution in [3.05, 3.63) is 70.4 Å². The molecule has 0 unspecified atom stereocenters. The van der Waals surface area contributed by atoms with Gasteiger partial charge in [0.1, 0.15) is 5.56 Å². The van der Waals surface area contributed by atoms with Crippen molar-refractivity contribution in [3.8, 4) is 11.8 Å². The van der Waals surface area contributed by atoms with Crippen LogP contribution in [0, 0.1) is 18.3 Å². The number of rotatable bonds is 5. The Morgan fingerprint density at radius 2 is 1.91 bits per heavy atom. The van der Waals surface area contributed by atoms with Crippen LogP contribution in [0.3, 0.4) is 0 Å². The van der Waals surface area contributed by atoms with Crippen molar-refractivity contribution in [2.45, 2.75) is 33.1 Å². The van der Waals surface area contributed by atoms with Crippen molar-refractivity contribution >= 4 is 23.4 Å². The van der Waals surface area contributed by atoms with Gasteiger partial charge < -0.3 is 10.8 Å². The van der Waals surface area contributed by atoms with Crippen LogP contribution < -0.4 is 10.8 Å². The molecule has 0 radical (unpaired) electrons. The van der Waals surface area contributed by atoms with Gasteiger partial charge in [0.2, 0.25) is 0 Å². The number of aryl methyl sites for hydroxylation is 1. The third kappa shape index (κ3) is 4.71. The largest absolute Gasteiger partial charge is 0.477 e. The fourth-order valence-electron chi connectivity index (χ4n) is 3.31. The van der Waals surface area contributed by atoms with Gasteiger partial charge in [-0.1, -0.05) is 26.8 Å². The van der Waals surface area contributed by atoms with Crippen molar-refractivity contribution in [3.63, 3.8) is 0 Å². The average Bonchev–Trinajstić information content (AvgIpc) is 3.15. The minimum absolute atomic E-state index is 0.125. The molecule has 3 aromatic rings. The number of hydroxylamine groups is 1. The summed E-state index contributed by atoms with van der Waals surface area (Å²) in [7, 11) is 1.37. The summed E-state index contributed by atoms with van der Waals surface area (Å²) < 4.78 is 1.33. The molecular weight excluding hydrogens is 422 g/mol. The lowest BCUT2D eigenvalue weighted by molar-refractivity contribution is 0.0697. The van der Waals surface area contributed by atoms with Crippen LogP contribution in [-0.2, 0) is 10.3 Å². The monoisotopic (exact) mass is 447 g/mol. The summed E-state index contributed by atoms with van der Waals surface area (Å²) in [5.41, 5.74) is 8.58. The summed E-state index contributed by atoms with van der Waals surface area (Å²) in [4.78, 5) is 30.1. The highest BCUT2D eigenvalue weighted by Gasteiger charge is 2.23. The van der Waals surface area contributed by atoms with E-state index >= 15 is 0 Å². The Kier molecular flexibility index (Phi) is 6.24. The highest BCUT2D eigenvalue weighted by Crippen LogP contribution is 2.29. The van der Waals surface area contributed by atoms with Gasteiger partial charge in [-0.25, -0.2) is 9.48 Å². The van der Waals surface area contributed by atoms with Crippen molar-refractivity contribution in [1.29, 1.82) is 5.26 Å². The van der Waals surface area contributed by atoms with E-state index in [1.165, 1.54) is 18.0 Å². The number of carbonyl (C=O) groups is 2. The van der Waals surface area contributed by atoms with Gasteiger partial charge in [-0.15, -0.1) is 5.10 Å². The Balaban J connectivity index is 2.06. The number of hydrogen-bond donors (Lipinski definition) is 2. The highest BCUT2D eigenvalue weighted by atomic mass is 16.7. The summed E-state index contributed by atoms with van der Waals surface area (Å²) in [5, 5.41) is 23.9. The minimum atomic E-state index is -1.19. The molecule has 170 valence electrons. The van der Waals surface area contributed by atoms with Crippen LogP contribution in [0.15, 0.2) is 42.6 Å². The first-order valence-electron chi connectivity index (χ1n) is 10.1. The van der Waals surface area contributed by atoms with Crippen molar-refractivity contribution in [1.82, 2.24) is 9.78 Å². The number of nitrogen functional groups attached to an aromatic ring is 1. The number of nitrogens with two attached hydrogens (primary N) is 1. The molecule has 0 saturated carbocycles.